The summed E-state index contributed by atoms with van der Waals surface area (Å²) in [7, 11) is 0. The van der Waals surface area contributed by atoms with Gasteiger partial charge in [-0.1, -0.05) is 31.2 Å². The first-order valence-corrected chi connectivity index (χ1v) is 7.05. The Kier molecular flexibility index (Phi) is 3.20. The van der Waals surface area contributed by atoms with Crippen LogP contribution < -0.4 is 4.90 Å². The molecular formula is C18H18N2. The van der Waals surface area contributed by atoms with Crippen molar-refractivity contribution in [2.45, 2.75) is 20.3 Å². The molecule has 0 saturated carbocycles. The van der Waals surface area contributed by atoms with Gasteiger partial charge in [-0.2, -0.15) is 5.26 Å². The molecule has 0 radical (unpaired) electrons. The summed E-state index contributed by atoms with van der Waals surface area (Å²) >= 11 is 0. The molecule has 1 aliphatic rings. The topological polar surface area (TPSA) is 27.0 Å². The average Bonchev–Trinajstić information content (AvgIpc) is 2.46. The van der Waals surface area contributed by atoms with Gasteiger partial charge in [0.15, 0.2) is 0 Å². The maximum atomic E-state index is 9.38. The highest BCUT2D eigenvalue weighted by Gasteiger charge is 2.24. The Bertz CT molecular complexity index is 682. The fraction of sp³-hybridized carbons (Fsp3) is 0.278. The molecule has 1 atom stereocenters. The third-order valence-corrected chi connectivity index (χ3v) is 3.91. The molecule has 20 heavy (non-hydrogen) atoms. The number of hydrogen-bond donors (Lipinski definition) is 0. The van der Waals surface area contributed by atoms with Crippen LogP contribution in [0.3, 0.4) is 0 Å². The van der Waals surface area contributed by atoms with Gasteiger partial charge < -0.3 is 4.90 Å². The van der Waals surface area contributed by atoms with Crippen molar-refractivity contribution in [2.24, 2.45) is 5.92 Å². The Balaban J connectivity index is 2.16. The van der Waals surface area contributed by atoms with Crippen LogP contribution in [0.15, 0.2) is 42.5 Å². The summed E-state index contributed by atoms with van der Waals surface area (Å²) in [6.45, 7) is 5.31. The minimum Gasteiger partial charge on any atom is -0.340 e. The minimum atomic E-state index is 0.594. The number of para-hydroxylation sites is 1. The molecule has 0 N–H and O–H groups in total. The van der Waals surface area contributed by atoms with E-state index in [1.165, 1.54) is 16.8 Å². The van der Waals surface area contributed by atoms with Crippen molar-refractivity contribution in [2.75, 3.05) is 11.4 Å². The number of benzene rings is 2. The lowest BCUT2D eigenvalue weighted by molar-refractivity contribution is 0.562. The van der Waals surface area contributed by atoms with Gasteiger partial charge in [0, 0.05) is 12.2 Å². The monoisotopic (exact) mass is 262 g/mol. The van der Waals surface area contributed by atoms with E-state index >= 15 is 0 Å². The Morgan fingerprint density at radius 2 is 1.95 bits per heavy atom. The Labute approximate surface area is 120 Å². The number of hydrogen-bond acceptors (Lipinski definition) is 2. The third-order valence-electron chi connectivity index (χ3n) is 3.91. The Morgan fingerprint density at radius 3 is 2.75 bits per heavy atom. The lowest BCUT2D eigenvalue weighted by atomic mass is 9.93. The molecular weight excluding hydrogens is 244 g/mol. The summed E-state index contributed by atoms with van der Waals surface area (Å²) in [4.78, 5) is 2.30. The second-order valence-corrected chi connectivity index (χ2v) is 5.68. The van der Waals surface area contributed by atoms with Crippen molar-refractivity contribution >= 4 is 11.4 Å². The van der Waals surface area contributed by atoms with Crippen LogP contribution in [0.4, 0.5) is 11.4 Å². The third kappa shape index (κ3) is 2.16. The van der Waals surface area contributed by atoms with E-state index < -0.39 is 0 Å². The van der Waals surface area contributed by atoms with Crippen molar-refractivity contribution in [3.05, 3.63) is 59.2 Å². The van der Waals surface area contributed by atoms with Crippen molar-refractivity contribution in [1.82, 2.24) is 0 Å². The largest absolute Gasteiger partial charge is 0.340 e. The molecule has 0 amide bonds. The van der Waals surface area contributed by atoms with Gasteiger partial charge in [-0.25, -0.2) is 0 Å². The van der Waals surface area contributed by atoms with Gasteiger partial charge in [0.1, 0.15) is 6.07 Å². The first kappa shape index (κ1) is 12.7. The molecule has 0 aliphatic carbocycles. The molecule has 1 unspecified atom stereocenters. The van der Waals surface area contributed by atoms with Crippen LogP contribution in [0.2, 0.25) is 0 Å². The molecule has 1 aliphatic heterocycles. The Hall–Kier alpha value is -2.27. The van der Waals surface area contributed by atoms with E-state index in [4.69, 9.17) is 0 Å². The lowest BCUT2D eigenvalue weighted by Gasteiger charge is -2.35. The van der Waals surface area contributed by atoms with Crippen LogP contribution in [0.5, 0.6) is 0 Å². The second kappa shape index (κ2) is 5.02. The molecule has 0 aromatic heterocycles. The maximum Gasteiger partial charge on any atom is 0.101 e. The van der Waals surface area contributed by atoms with E-state index in [0.717, 1.165) is 24.2 Å². The molecule has 0 spiro atoms. The van der Waals surface area contributed by atoms with E-state index in [2.05, 4.69) is 55.1 Å². The highest BCUT2D eigenvalue weighted by atomic mass is 15.1. The summed E-state index contributed by atoms with van der Waals surface area (Å²) < 4.78 is 0. The van der Waals surface area contributed by atoms with Gasteiger partial charge in [0.25, 0.3) is 0 Å². The van der Waals surface area contributed by atoms with Gasteiger partial charge >= 0.3 is 0 Å². The van der Waals surface area contributed by atoms with Crippen LogP contribution in [-0.4, -0.2) is 6.54 Å². The molecule has 0 saturated heterocycles. The van der Waals surface area contributed by atoms with Crippen molar-refractivity contribution in [3.63, 3.8) is 0 Å². The highest BCUT2D eigenvalue weighted by Crippen LogP contribution is 2.37. The predicted octanol–water partition coefficient (Wildman–Crippen LogP) is 4.20. The minimum absolute atomic E-state index is 0.594. The number of nitriles is 1. The first-order chi connectivity index (χ1) is 9.69. The maximum absolute atomic E-state index is 9.38. The molecule has 1 heterocycles. The standard InChI is InChI=1S/C18H18N2/c1-13-7-8-16(11-19)18(10-13)20-12-14(2)9-15-5-3-4-6-17(15)20/h3-8,10,14H,9,12H2,1-2H3. The van der Waals surface area contributed by atoms with Crippen molar-refractivity contribution in [1.29, 1.82) is 5.26 Å². The zero-order valence-electron chi connectivity index (χ0n) is 11.9. The van der Waals surface area contributed by atoms with E-state index in [0.29, 0.717) is 5.92 Å². The summed E-state index contributed by atoms with van der Waals surface area (Å²) in [5.41, 5.74) is 5.59. The first-order valence-electron chi connectivity index (χ1n) is 7.05. The smallest absolute Gasteiger partial charge is 0.101 e. The zero-order chi connectivity index (χ0) is 14.1. The molecule has 100 valence electrons. The molecule has 2 aromatic rings. The molecule has 3 rings (SSSR count). The average molecular weight is 262 g/mol. The summed E-state index contributed by atoms with van der Waals surface area (Å²) in [6.07, 6.45) is 1.11. The number of fused-ring (bicyclic) bond motifs is 1. The van der Waals surface area contributed by atoms with Gasteiger partial charge in [-0.3, -0.25) is 0 Å². The number of nitrogens with zero attached hydrogens (tertiary/aromatic N) is 2. The summed E-state index contributed by atoms with van der Waals surface area (Å²) in [5.74, 6) is 0.594. The van der Waals surface area contributed by atoms with Crippen LogP contribution in [0.25, 0.3) is 0 Å². The predicted molar refractivity (Wildman–Crippen MR) is 82.2 cm³/mol. The highest BCUT2D eigenvalue weighted by molar-refractivity contribution is 5.73. The van der Waals surface area contributed by atoms with Gasteiger partial charge in [-0.05, 0) is 48.6 Å². The molecule has 2 heteroatoms. The van der Waals surface area contributed by atoms with Gasteiger partial charge in [0.05, 0.1) is 11.3 Å². The zero-order valence-corrected chi connectivity index (χ0v) is 11.9. The van der Waals surface area contributed by atoms with Crippen LogP contribution >= 0.6 is 0 Å². The quantitative estimate of drug-likeness (QED) is 0.770. The SMILES string of the molecule is Cc1ccc(C#N)c(N2CC(C)Cc3ccccc32)c1. The fourth-order valence-corrected chi connectivity index (χ4v) is 2.98. The van der Waals surface area contributed by atoms with E-state index in [9.17, 15) is 5.26 Å². The molecule has 2 aromatic carbocycles. The second-order valence-electron chi connectivity index (χ2n) is 5.68. The molecule has 2 nitrogen and oxygen atoms in total. The number of aryl methyl sites for hydroxylation is 1. The van der Waals surface area contributed by atoms with Crippen molar-refractivity contribution in [3.8, 4) is 6.07 Å². The molecule has 0 fully saturated rings. The van der Waals surface area contributed by atoms with E-state index in [1.807, 2.05) is 12.1 Å². The van der Waals surface area contributed by atoms with Crippen molar-refractivity contribution < 1.29 is 0 Å². The van der Waals surface area contributed by atoms with Gasteiger partial charge in [-0.15, -0.1) is 0 Å². The van der Waals surface area contributed by atoms with E-state index in [1.54, 1.807) is 0 Å². The summed E-state index contributed by atoms with van der Waals surface area (Å²) in [5, 5.41) is 9.38. The lowest BCUT2D eigenvalue weighted by Crippen LogP contribution is -2.30. The Morgan fingerprint density at radius 1 is 1.15 bits per heavy atom. The summed E-state index contributed by atoms with van der Waals surface area (Å²) in [6, 6.07) is 16.9. The van der Waals surface area contributed by atoms with E-state index in [-0.39, 0.29) is 0 Å². The van der Waals surface area contributed by atoms with Crippen LogP contribution in [0.1, 0.15) is 23.6 Å². The molecule has 0 bridgehead atoms. The van der Waals surface area contributed by atoms with Crippen LogP contribution in [0, 0.1) is 24.2 Å². The van der Waals surface area contributed by atoms with Crippen LogP contribution in [-0.2, 0) is 6.42 Å². The number of anilines is 2. The van der Waals surface area contributed by atoms with Gasteiger partial charge in [0.2, 0.25) is 0 Å². The normalized spacial score (nSPS) is 17.4. The number of rotatable bonds is 1. The fourth-order valence-electron chi connectivity index (χ4n) is 2.98.